The fourth-order valence-corrected chi connectivity index (χ4v) is 3.13. The molecule has 2 rings (SSSR count). The molecule has 1 saturated carbocycles. The SMILES string of the molecule is O=[PH](Cl)c1ccc(C2CCCCC2)cc1. The second kappa shape index (κ2) is 5.18. The van der Waals surface area contributed by atoms with Gasteiger partial charge in [0.15, 0.2) is 7.15 Å². The molecule has 1 atom stereocenters. The molecule has 0 aliphatic heterocycles. The largest absolute Gasteiger partial charge is 0.305 e. The highest BCUT2D eigenvalue weighted by Gasteiger charge is 2.15. The molecule has 0 heterocycles. The normalized spacial score (nSPS) is 20.1. The second-order valence-corrected chi connectivity index (χ2v) is 6.39. The zero-order chi connectivity index (χ0) is 10.7. The predicted octanol–water partition coefficient (Wildman–Crippen LogP) is 4.07. The standard InChI is InChI=1S/C12H16ClOP/c13-15(14)12-8-6-11(7-9-12)10-4-2-1-3-5-10/h6-10,15H,1-5H2. The van der Waals surface area contributed by atoms with Crippen molar-refractivity contribution in [2.45, 2.75) is 38.0 Å². The minimum atomic E-state index is -2.04. The van der Waals surface area contributed by atoms with Crippen LogP contribution in [0.3, 0.4) is 0 Å². The van der Waals surface area contributed by atoms with Gasteiger partial charge in [0, 0.05) is 5.30 Å². The molecule has 1 aromatic carbocycles. The number of hydrogen-bond acceptors (Lipinski definition) is 1. The van der Waals surface area contributed by atoms with Gasteiger partial charge in [-0.1, -0.05) is 54.8 Å². The zero-order valence-electron chi connectivity index (χ0n) is 8.71. The number of halogens is 1. The first-order chi connectivity index (χ1) is 7.27. The summed E-state index contributed by atoms with van der Waals surface area (Å²) in [4.78, 5) is 0. The summed E-state index contributed by atoms with van der Waals surface area (Å²) in [5, 5.41) is 0.779. The maximum atomic E-state index is 11.1. The van der Waals surface area contributed by atoms with Crippen LogP contribution in [-0.2, 0) is 4.57 Å². The molecule has 1 fully saturated rings. The van der Waals surface area contributed by atoms with E-state index in [4.69, 9.17) is 11.2 Å². The van der Waals surface area contributed by atoms with E-state index in [1.165, 1.54) is 37.7 Å². The Morgan fingerprint density at radius 3 is 2.20 bits per heavy atom. The van der Waals surface area contributed by atoms with Gasteiger partial charge in [0.2, 0.25) is 0 Å². The molecule has 3 heteroatoms. The van der Waals surface area contributed by atoms with Gasteiger partial charge >= 0.3 is 0 Å². The first-order valence-corrected chi connectivity index (χ1v) is 7.99. The van der Waals surface area contributed by atoms with Crippen LogP contribution in [0.5, 0.6) is 0 Å². The van der Waals surface area contributed by atoms with Crippen molar-refractivity contribution < 1.29 is 4.57 Å². The van der Waals surface area contributed by atoms with Crippen molar-refractivity contribution in [3.05, 3.63) is 29.8 Å². The van der Waals surface area contributed by atoms with Crippen LogP contribution < -0.4 is 5.30 Å². The molecule has 1 aliphatic carbocycles. The van der Waals surface area contributed by atoms with Crippen molar-refractivity contribution in [1.82, 2.24) is 0 Å². The van der Waals surface area contributed by atoms with Crippen LogP contribution in [0.1, 0.15) is 43.6 Å². The summed E-state index contributed by atoms with van der Waals surface area (Å²) in [5.74, 6) is 0.713. The molecule has 0 spiro atoms. The minimum Gasteiger partial charge on any atom is -0.305 e. The van der Waals surface area contributed by atoms with Gasteiger partial charge in [0.1, 0.15) is 0 Å². The Balaban J connectivity index is 2.11. The molecule has 0 N–H and O–H groups in total. The summed E-state index contributed by atoms with van der Waals surface area (Å²) in [6.07, 6.45) is 6.67. The van der Waals surface area contributed by atoms with Crippen LogP contribution in [0, 0.1) is 0 Å². The summed E-state index contributed by atoms with van der Waals surface area (Å²) in [6, 6.07) is 8.02. The van der Waals surface area contributed by atoms with Crippen LogP contribution in [0.15, 0.2) is 24.3 Å². The Kier molecular flexibility index (Phi) is 3.88. The summed E-state index contributed by atoms with van der Waals surface area (Å²) < 4.78 is 11.1. The molecule has 0 amide bonds. The number of hydrogen-bond donors (Lipinski definition) is 0. The highest BCUT2D eigenvalue weighted by atomic mass is 35.7. The van der Waals surface area contributed by atoms with E-state index >= 15 is 0 Å². The number of benzene rings is 1. The van der Waals surface area contributed by atoms with Gasteiger partial charge in [0.05, 0.1) is 0 Å². The fourth-order valence-electron chi connectivity index (χ4n) is 2.32. The van der Waals surface area contributed by atoms with E-state index in [-0.39, 0.29) is 0 Å². The lowest BCUT2D eigenvalue weighted by molar-refractivity contribution is 0.443. The lowest BCUT2D eigenvalue weighted by Gasteiger charge is -2.21. The average Bonchev–Trinajstić information content (AvgIpc) is 2.30. The van der Waals surface area contributed by atoms with Crippen molar-refractivity contribution in [1.29, 1.82) is 0 Å². The van der Waals surface area contributed by atoms with E-state index in [0.717, 1.165) is 5.30 Å². The first kappa shape index (κ1) is 11.2. The van der Waals surface area contributed by atoms with Gasteiger partial charge in [0.25, 0.3) is 0 Å². The molecule has 82 valence electrons. The van der Waals surface area contributed by atoms with Crippen molar-refractivity contribution in [3.8, 4) is 0 Å². The van der Waals surface area contributed by atoms with Crippen molar-refractivity contribution in [2.24, 2.45) is 0 Å². The van der Waals surface area contributed by atoms with Crippen LogP contribution in [0.2, 0.25) is 0 Å². The Hall–Kier alpha value is -0.260. The summed E-state index contributed by atoms with van der Waals surface area (Å²) >= 11 is 5.59. The Bertz CT molecular complexity index is 341. The molecular weight excluding hydrogens is 227 g/mol. The Labute approximate surface area is 96.4 Å². The van der Waals surface area contributed by atoms with Gasteiger partial charge in [-0.05, 0) is 24.3 Å². The summed E-state index contributed by atoms with van der Waals surface area (Å²) in [6.45, 7) is 0. The first-order valence-electron chi connectivity index (χ1n) is 5.57. The molecule has 15 heavy (non-hydrogen) atoms. The summed E-state index contributed by atoms with van der Waals surface area (Å²) in [5.41, 5.74) is 1.39. The lowest BCUT2D eigenvalue weighted by atomic mass is 9.84. The van der Waals surface area contributed by atoms with Crippen molar-refractivity contribution in [2.75, 3.05) is 0 Å². The Morgan fingerprint density at radius 2 is 1.67 bits per heavy atom. The molecule has 1 unspecified atom stereocenters. The highest BCUT2D eigenvalue weighted by Crippen LogP contribution is 2.33. The van der Waals surface area contributed by atoms with E-state index < -0.39 is 7.15 Å². The quantitative estimate of drug-likeness (QED) is 0.715. The smallest absolute Gasteiger partial charge is 0.186 e. The third-order valence-electron chi connectivity index (χ3n) is 3.21. The average molecular weight is 243 g/mol. The molecule has 1 aromatic rings. The fraction of sp³-hybridized carbons (Fsp3) is 0.500. The molecular formula is C12H16ClOP. The van der Waals surface area contributed by atoms with Crippen LogP contribution >= 0.6 is 18.4 Å². The molecule has 0 bridgehead atoms. The molecule has 0 aromatic heterocycles. The van der Waals surface area contributed by atoms with E-state index in [9.17, 15) is 4.57 Å². The van der Waals surface area contributed by atoms with E-state index in [1.807, 2.05) is 12.1 Å². The second-order valence-electron chi connectivity index (χ2n) is 4.23. The van der Waals surface area contributed by atoms with Crippen LogP contribution in [0.25, 0.3) is 0 Å². The third kappa shape index (κ3) is 2.86. The molecule has 0 saturated heterocycles. The molecule has 0 radical (unpaired) electrons. The highest BCUT2D eigenvalue weighted by molar-refractivity contribution is 7.80. The molecule has 1 aliphatic rings. The van der Waals surface area contributed by atoms with E-state index in [1.54, 1.807) is 0 Å². The van der Waals surface area contributed by atoms with Crippen molar-refractivity contribution in [3.63, 3.8) is 0 Å². The van der Waals surface area contributed by atoms with E-state index in [2.05, 4.69) is 12.1 Å². The maximum absolute atomic E-state index is 11.1. The number of rotatable bonds is 2. The van der Waals surface area contributed by atoms with Gasteiger partial charge in [-0.15, -0.1) is 0 Å². The summed E-state index contributed by atoms with van der Waals surface area (Å²) in [7, 11) is -2.04. The topological polar surface area (TPSA) is 17.1 Å². The van der Waals surface area contributed by atoms with Crippen LogP contribution in [0.4, 0.5) is 0 Å². The van der Waals surface area contributed by atoms with Crippen LogP contribution in [-0.4, -0.2) is 0 Å². The zero-order valence-corrected chi connectivity index (χ0v) is 10.5. The predicted molar refractivity (Wildman–Crippen MR) is 66.8 cm³/mol. The van der Waals surface area contributed by atoms with Gasteiger partial charge in [-0.2, -0.15) is 0 Å². The maximum Gasteiger partial charge on any atom is 0.186 e. The lowest BCUT2D eigenvalue weighted by Crippen LogP contribution is -2.05. The van der Waals surface area contributed by atoms with Gasteiger partial charge < -0.3 is 4.57 Å². The molecule has 1 nitrogen and oxygen atoms in total. The Morgan fingerprint density at radius 1 is 1.07 bits per heavy atom. The third-order valence-corrected chi connectivity index (χ3v) is 4.66. The van der Waals surface area contributed by atoms with Gasteiger partial charge in [-0.25, -0.2) is 0 Å². The van der Waals surface area contributed by atoms with Gasteiger partial charge in [-0.3, -0.25) is 0 Å². The van der Waals surface area contributed by atoms with E-state index in [0.29, 0.717) is 5.92 Å². The monoisotopic (exact) mass is 242 g/mol. The minimum absolute atomic E-state index is 0.713. The van der Waals surface area contributed by atoms with Crippen molar-refractivity contribution >= 4 is 23.7 Å².